The number of rotatable bonds is 3. The van der Waals surface area contributed by atoms with Crippen LogP contribution in [-0.4, -0.2) is 30.0 Å². The second kappa shape index (κ2) is 5.47. The van der Waals surface area contributed by atoms with E-state index in [2.05, 4.69) is 0 Å². The first-order chi connectivity index (χ1) is 10.1. The third kappa shape index (κ3) is 2.99. The Bertz CT molecular complexity index is 688. The molecule has 1 saturated heterocycles. The molecule has 1 fully saturated rings. The van der Waals surface area contributed by atoms with Crippen LogP contribution < -0.4 is 10.4 Å². The summed E-state index contributed by atoms with van der Waals surface area (Å²) < 4.78 is 15.6. The zero-order valence-corrected chi connectivity index (χ0v) is 11.6. The van der Waals surface area contributed by atoms with Gasteiger partial charge in [-0.2, -0.15) is 0 Å². The summed E-state index contributed by atoms with van der Waals surface area (Å²) in [6, 6.07) is 4.62. The molecule has 6 nitrogen and oxygen atoms in total. The van der Waals surface area contributed by atoms with Crippen molar-refractivity contribution >= 4 is 5.91 Å². The van der Waals surface area contributed by atoms with E-state index in [9.17, 15) is 9.59 Å². The monoisotopic (exact) mass is 289 g/mol. The summed E-state index contributed by atoms with van der Waals surface area (Å²) in [4.78, 5) is 25.2. The van der Waals surface area contributed by atoms with Crippen molar-refractivity contribution in [3.8, 4) is 5.75 Å². The van der Waals surface area contributed by atoms with Gasteiger partial charge in [-0.25, -0.2) is 4.79 Å². The summed E-state index contributed by atoms with van der Waals surface area (Å²) in [5.74, 6) is 0.909. The van der Waals surface area contributed by atoms with Gasteiger partial charge in [0.25, 0.3) is 5.91 Å². The molecule has 0 aromatic carbocycles. The summed E-state index contributed by atoms with van der Waals surface area (Å²) in [6.07, 6.45) is 3.51. The van der Waals surface area contributed by atoms with Crippen molar-refractivity contribution in [1.29, 1.82) is 0 Å². The number of ether oxygens (including phenoxy) is 1. The lowest BCUT2D eigenvalue weighted by molar-refractivity contribution is 0.0771. The van der Waals surface area contributed by atoms with Crippen molar-refractivity contribution in [2.45, 2.75) is 19.4 Å². The smallest absolute Gasteiger partial charge is 0.339 e. The number of hydrogen-bond donors (Lipinski definition) is 0. The summed E-state index contributed by atoms with van der Waals surface area (Å²) in [5.41, 5.74) is 0.0983. The Hall–Kier alpha value is -2.50. The van der Waals surface area contributed by atoms with Gasteiger partial charge in [0.15, 0.2) is 0 Å². The number of aryl methyl sites for hydroxylation is 1. The highest BCUT2D eigenvalue weighted by atomic mass is 16.5. The quantitative estimate of drug-likeness (QED) is 0.862. The maximum Gasteiger partial charge on any atom is 0.339 e. The molecule has 0 unspecified atom stereocenters. The van der Waals surface area contributed by atoms with Crippen molar-refractivity contribution in [2.75, 3.05) is 13.1 Å². The van der Waals surface area contributed by atoms with Crippen molar-refractivity contribution in [3.63, 3.8) is 0 Å². The van der Waals surface area contributed by atoms with E-state index in [1.807, 2.05) is 0 Å². The molecular weight excluding hydrogens is 274 g/mol. The average molecular weight is 289 g/mol. The SMILES string of the molecule is Cc1cc(O[C@H]2CCN(C(=O)c3ccoc3)C2)cc(=O)o1. The third-order valence-electron chi connectivity index (χ3n) is 3.37. The Kier molecular flexibility index (Phi) is 3.51. The third-order valence-corrected chi connectivity index (χ3v) is 3.37. The molecule has 0 saturated carbocycles. The van der Waals surface area contributed by atoms with E-state index in [4.69, 9.17) is 13.6 Å². The van der Waals surface area contributed by atoms with Crippen molar-refractivity contribution < 1.29 is 18.4 Å². The van der Waals surface area contributed by atoms with Crippen LogP contribution in [0.3, 0.4) is 0 Å². The first-order valence-electron chi connectivity index (χ1n) is 6.72. The molecule has 1 atom stereocenters. The number of hydrogen-bond acceptors (Lipinski definition) is 5. The lowest BCUT2D eigenvalue weighted by Gasteiger charge is -2.16. The van der Waals surface area contributed by atoms with Gasteiger partial charge in [0.2, 0.25) is 0 Å². The molecule has 21 heavy (non-hydrogen) atoms. The number of amides is 1. The Morgan fingerprint density at radius 2 is 2.29 bits per heavy atom. The van der Waals surface area contributed by atoms with Crippen molar-refractivity contribution in [3.05, 3.63) is 52.5 Å². The minimum atomic E-state index is -0.436. The minimum absolute atomic E-state index is 0.0707. The van der Waals surface area contributed by atoms with Crippen LogP contribution >= 0.6 is 0 Å². The van der Waals surface area contributed by atoms with E-state index >= 15 is 0 Å². The molecule has 6 heteroatoms. The molecular formula is C15H15NO5. The van der Waals surface area contributed by atoms with E-state index in [-0.39, 0.29) is 12.0 Å². The van der Waals surface area contributed by atoms with E-state index in [0.717, 1.165) is 6.42 Å². The predicted molar refractivity (Wildman–Crippen MR) is 73.4 cm³/mol. The Balaban J connectivity index is 1.64. The van der Waals surface area contributed by atoms with Crippen LogP contribution in [0.4, 0.5) is 0 Å². The Morgan fingerprint density at radius 3 is 3.00 bits per heavy atom. The summed E-state index contributed by atoms with van der Waals surface area (Å²) >= 11 is 0. The van der Waals surface area contributed by atoms with Crippen LogP contribution in [0.5, 0.6) is 5.75 Å². The largest absolute Gasteiger partial charge is 0.488 e. The molecule has 0 aliphatic carbocycles. The highest BCUT2D eigenvalue weighted by Crippen LogP contribution is 2.19. The summed E-state index contributed by atoms with van der Waals surface area (Å²) in [5, 5.41) is 0. The molecule has 1 amide bonds. The van der Waals surface area contributed by atoms with E-state index < -0.39 is 5.63 Å². The van der Waals surface area contributed by atoms with Gasteiger partial charge in [-0.05, 0) is 13.0 Å². The molecule has 3 heterocycles. The van der Waals surface area contributed by atoms with Crippen molar-refractivity contribution in [2.24, 2.45) is 0 Å². The van der Waals surface area contributed by atoms with E-state index in [0.29, 0.717) is 30.2 Å². The molecule has 2 aromatic heterocycles. The van der Waals surface area contributed by atoms with Crippen LogP contribution in [-0.2, 0) is 0 Å². The maximum absolute atomic E-state index is 12.2. The molecule has 1 aliphatic rings. The molecule has 0 spiro atoms. The number of carbonyl (C=O) groups excluding carboxylic acids is 1. The molecule has 3 rings (SSSR count). The maximum atomic E-state index is 12.2. The fourth-order valence-corrected chi connectivity index (χ4v) is 2.41. The zero-order valence-electron chi connectivity index (χ0n) is 11.6. The average Bonchev–Trinajstić information content (AvgIpc) is 3.07. The van der Waals surface area contributed by atoms with Gasteiger partial charge in [-0.1, -0.05) is 0 Å². The zero-order chi connectivity index (χ0) is 14.8. The first kappa shape index (κ1) is 13.5. The molecule has 0 radical (unpaired) electrons. The van der Waals surface area contributed by atoms with Gasteiger partial charge < -0.3 is 18.5 Å². The molecule has 2 aromatic rings. The fourth-order valence-electron chi connectivity index (χ4n) is 2.41. The van der Waals surface area contributed by atoms with E-state index in [1.54, 1.807) is 24.0 Å². The predicted octanol–water partition coefficient (Wildman–Crippen LogP) is 1.83. The normalized spacial score (nSPS) is 18.0. The number of likely N-dealkylation sites (tertiary alicyclic amines) is 1. The highest BCUT2D eigenvalue weighted by Gasteiger charge is 2.28. The van der Waals surface area contributed by atoms with E-state index in [1.165, 1.54) is 18.6 Å². The summed E-state index contributed by atoms with van der Waals surface area (Å²) in [6.45, 7) is 2.80. The van der Waals surface area contributed by atoms with Gasteiger partial charge in [0, 0.05) is 19.0 Å². The Morgan fingerprint density at radius 1 is 1.43 bits per heavy atom. The lowest BCUT2D eigenvalue weighted by Crippen LogP contribution is -2.30. The van der Waals surface area contributed by atoms with Crippen LogP contribution in [0.25, 0.3) is 0 Å². The van der Waals surface area contributed by atoms with Gasteiger partial charge in [-0.3, -0.25) is 4.79 Å². The van der Waals surface area contributed by atoms with Crippen LogP contribution in [0.2, 0.25) is 0 Å². The number of carbonyl (C=O) groups is 1. The van der Waals surface area contributed by atoms with Crippen molar-refractivity contribution in [1.82, 2.24) is 4.90 Å². The first-order valence-corrected chi connectivity index (χ1v) is 6.72. The van der Waals surface area contributed by atoms with Crippen LogP contribution in [0.15, 0.2) is 44.4 Å². The Labute approximate surface area is 120 Å². The second-order valence-electron chi connectivity index (χ2n) is 5.01. The van der Waals surface area contributed by atoms with Gasteiger partial charge in [0.05, 0.1) is 24.4 Å². The molecule has 110 valence electrons. The fraction of sp³-hybridized carbons (Fsp3) is 0.333. The van der Waals surface area contributed by atoms with Gasteiger partial charge >= 0.3 is 5.63 Å². The topological polar surface area (TPSA) is 72.9 Å². The number of furan rings is 1. The summed E-state index contributed by atoms with van der Waals surface area (Å²) in [7, 11) is 0. The molecule has 0 N–H and O–H groups in total. The second-order valence-corrected chi connectivity index (χ2v) is 5.01. The minimum Gasteiger partial charge on any atom is -0.488 e. The van der Waals surface area contributed by atoms with Gasteiger partial charge in [0.1, 0.15) is 23.9 Å². The molecule has 0 bridgehead atoms. The lowest BCUT2D eigenvalue weighted by atomic mass is 10.3. The highest BCUT2D eigenvalue weighted by molar-refractivity contribution is 5.94. The standard InChI is InChI=1S/C15H15NO5/c1-10-6-13(7-14(17)20-10)21-12-2-4-16(8-12)15(18)11-3-5-19-9-11/h3,5-7,9,12H,2,4,8H2,1H3/t12-/m0/s1. The van der Waals surface area contributed by atoms with Crippen LogP contribution in [0, 0.1) is 6.92 Å². The van der Waals surface area contributed by atoms with Crippen LogP contribution in [0.1, 0.15) is 22.5 Å². The van der Waals surface area contributed by atoms with Gasteiger partial charge in [-0.15, -0.1) is 0 Å². The number of nitrogens with zero attached hydrogens (tertiary/aromatic N) is 1. The molecule has 1 aliphatic heterocycles.